The van der Waals surface area contributed by atoms with Gasteiger partial charge in [0.15, 0.2) is 0 Å². The molecular formula is C57H39NS. The number of nitrogens with zero attached hydrogens (tertiary/aromatic N) is 1. The highest BCUT2D eigenvalue weighted by atomic mass is 32.1. The van der Waals surface area contributed by atoms with E-state index in [4.69, 9.17) is 0 Å². The second-order valence-electron chi connectivity index (χ2n) is 16.5. The molecule has 1 nitrogen and oxygen atoms in total. The van der Waals surface area contributed by atoms with Crippen LogP contribution in [0, 0.1) is 0 Å². The third-order valence-electron chi connectivity index (χ3n) is 12.8. The van der Waals surface area contributed by atoms with E-state index in [2.05, 4.69) is 219 Å². The lowest BCUT2D eigenvalue weighted by Crippen LogP contribution is -2.16. The predicted octanol–water partition coefficient (Wildman–Crippen LogP) is 16.6. The van der Waals surface area contributed by atoms with E-state index in [1.165, 1.54) is 97.0 Å². The Morgan fingerprint density at radius 3 is 1.49 bits per heavy atom. The summed E-state index contributed by atoms with van der Waals surface area (Å²) in [5.41, 5.74) is 13.7. The average molecular weight is 770 g/mol. The molecule has 0 spiro atoms. The van der Waals surface area contributed by atoms with E-state index in [1.807, 2.05) is 11.3 Å². The quantitative estimate of drug-likeness (QED) is 0.158. The van der Waals surface area contributed by atoms with Gasteiger partial charge in [0.25, 0.3) is 0 Å². The van der Waals surface area contributed by atoms with E-state index < -0.39 is 0 Å². The van der Waals surface area contributed by atoms with Crippen molar-refractivity contribution in [3.63, 3.8) is 0 Å². The third-order valence-corrected chi connectivity index (χ3v) is 13.9. The minimum Gasteiger partial charge on any atom is -0.310 e. The lowest BCUT2D eigenvalue weighted by Gasteiger charge is -2.28. The van der Waals surface area contributed by atoms with Crippen LogP contribution < -0.4 is 4.90 Å². The Kier molecular flexibility index (Phi) is 7.51. The third kappa shape index (κ3) is 5.23. The van der Waals surface area contributed by atoms with Gasteiger partial charge in [-0.3, -0.25) is 0 Å². The van der Waals surface area contributed by atoms with Gasteiger partial charge >= 0.3 is 0 Å². The van der Waals surface area contributed by atoms with Gasteiger partial charge in [0.1, 0.15) is 0 Å². The molecule has 11 aromatic rings. The van der Waals surface area contributed by atoms with Crippen molar-refractivity contribution >= 4 is 80.9 Å². The van der Waals surface area contributed by atoms with Crippen LogP contribution in [0.25, 0.3) is 85.9 Å². The molecule has 278 valence electrons. The zero-order valence-corrected chi connectivity index (χ0v) is 33.7. The highest BCUT2D eigenvalue weighted by Crippen LogP contribution is 2.53. The summed E-state index contributed by atoms with van der Waals surface area (Å²) >= 11 is 1.88. The van der Waals surface area contributed by atoms with Gasteiger partial charge in [-0.1, -0.05) is 141 Å². The topological polar surface area (TPSA) is 3.24 Å². The van der Waals surface area contributed by atoms with Crippen LogP contribution in [0.1, 0.15) is 25.0 Å². The maximum Gasteiger partial charge on any atom is 0.0465 e. The summed E-state index contributed by atoms with van der Waals surface area (Å²) in [4.78, 5) is 2.37. The van der Waals surface area contributed by atoms with Crippen LogP contribution in [-0.2, 0) is 5.41 Å². The number of thiophene rings is 1. The Morgan fingerprint density at radius 1 is 0.356 bits per heavy atom. The summed E-state index contributed by atoms with van der Waals surface area (Å²) in [6.07, 6.45) is 0. The molecule has 0 radical (unpaired) electrons. The molecule has 59 heavy (non-hydrogen) atoms. The molecule has 0 fully saturated rings. The lowest BCUT2D eigenvalue weighted by atomic mass is 9.80. The van der Waals surface area contributed by atoms with Gasteiger partial charge < -0.3 is 4.90 Å². The summed E-state index contributed by atoms with van der Waals surface area (Å²) in [5, 5.41) is 10.3. The fourth-order valence-corrected chi connectivity index (χ4v) is 11.1. The maximum absolute atomic E-state index is 2.50. The largest absolute Gasteiger partial charge is 0.310 e. The fraction of sp³-hybridized carbons (Fsp3) is 0.0526. The van der Waals surface area contributed by atoms with E-state index in [9.17, 15) is 0 Å². The summed E-state index contributed by atoms with van der Waals surface area (Å²) in [6, 6.07) is 74.4. The predicted molar refractivity (Wildman–Crippen MR) is 255 cm³/mol. The number of hydrogen-bond donors (Lipinski definition) is 0. The number of benzene rings is 10. The average Bonchev–Trinajstić information content (AvgIpc) is 3.76. The van der Waals surface area contributed by atoms with Crippen molar-refractivity contribution in [2.45, 2.75) is 19.3 Å². The second kappa shape index (κ2) is 13.0. The zero-order chi connectivity index (χ0) is 39.2. The molecule has 1 aliphatic rings. The molecule has 1 aromatic heterocycles. The molecule has 0 saturated carbocycles. The van der Waals surface area contributed by atoms with Gasteiger partial charge in [0.05, 0.1) is 0 Å². The smallest absolute Gasteiger partial charge is 0.0465 e. The van der Waals surface area contributed by atoms with Crippen LogP contribution in [-0.4, -0.2) is 0 Å². The van der Waals surface area contributed by atoms with Crippen LogP contribution in [0.4, 0.5) is 17.1 Å². The lowest BCUT2D eigenvalue weighted by molar-refractivity contribution is 0.660. The molecule has 1 aliphatic carbocycles. The number of anilines is 3. The maximum atomic E-state index is 2.50. The van der Waals surface area contributed by atoms with Gasteiger partial charge in [0, 0.05) is 42.6 Å². The first kappa shape index (κ1) is 34.1. The van der Waals surface area contributed by atoms with E-state index in [0.29, 0.717) is 0 Å². The number of hydrogen-bond acceptors (Lipinski definition) is 2. The molecule has 0 bridgehead atoms. The van der Waals surface area contributed by atoms with Crippen LogP contribution in [0.3, 0.4) is 0 Å². The van der Waals surface area contributed by atoms with Crippen molar-refractivity contribution in [1.82, 2.24) is 0 Å². The van der Waals surface area contributed by atoms with Crippen molar-refractivity contribution in [3.8, 4) is 33.4 Å². The van der Waals surface area contributed by atoms with Gasteiger partial charge in [-0.25, -0.2) is 0 Å². The Balaban J connectivity index is 1.07. The van der Waals surface area contributed by atoms with Gasteiger partial charge in [0.2, 0.25) is 0 Å². The Labute approximate surface area is 348 Å². The number of rotatable bonds is 5. The van der Waals surface area contributed by atoms with Crippen LogP contribution in [0.2, 0.25) is 0 Å². The second-order valence-corrected chi connectivity index (χ2v) is 17.6. The summed E-state index contributed by atoms with van der Waals surface area (Å²) in [5.74, 6) is 0. The van der Waals surface area contributed by atoms with Gasteiger partial charge in [-0.2, -0.15) is 0 Å². The Bertz CT molecular complexity index is 3430. The Morgan fingerprint density at radius 2 is 0.847 bits per heavy atom. The highest BCUT2D eigenvalue weighted by Gasteiger charge is 2.36. The highest BCUT2D eigenvalue weighted by molar-refractivity contribution is 7.25. The zero-order valence-electron chi connectivity index (χ0n) is 32.9. The fourth-order valence-electron chi connectivity index (χ4n) is 9.99. The molecule has 0 unspecified atom stereocenters. The SMILES string of the molecule is CC1(C)c2cc(-c3c4ccccc4c(-c4ccc5sc6ccccc6c5c4)c4cc5ccccc5cc34)ccc2-c2ccc(N(c3ccccc3)c3ccccc3)cc21. The molecule has 0 atom stereocenters. The first-order chi connectivity index (χ1) is 29.0. The molecule has 12 rings (SSSR count). The minimum atomic E-state index is -0.216. The van der Waals surface area contributed by atoms with Crippen molar-refractivity contribution < 1.29 is 0 Å². The van der Waals surface area contributed by atoms with Crippen LogP contribution in [0.5, 0.6) is 0 Å². The molecule has 0 N–H and O–H groups in total. The number of para-hydroxylation sites is 2. The van der Waals surface area contributed by atoms with E-state index in [-0.39, 0.29) is 5.41 Å². The summed E-state index contributed by atoms with van der Waals surface area (Å²) < 4.78 is 2.66. The van der Waals surface area contributed by atoms with Crippen molar-refractivity contribution in [1.29, 1.82) is 0 Å². The van der Waals surface area contributed by atoms with E-state index in [0.717, 1.165) is 17.1 Å². The van der Waals surface area contributed by atoms with Crippen molar-refractivity contribution in [3.05, 3.63) is 211 Å². The molecular weight excluding hydrogens is 731 g/mol. The monoisotopic (exact) mass is 769 g/mol. The standard InChI is InChI=1S/C57H39NS/c1-57(2)51-34-39(25-28-43(51)44-29-27-42(35-52(44)57)58(40-17-5-3-6-18-40)41-19-7-4-8-20-41)56-47-23-12-11-22-46(47)55(49-31-36-15-9-10-16-37(36)32-50(49)56)38-26-30-54-48(33-38)45-21-13-14-24-53(45)59-54/h3-35H,1-2H3. The number of fused-ring (bicyclic) bond motifs is 9. The molecule has 1 heterocycles. The van der Waals surface area contributed by atoms with E-state index in [1.54, 1.807) is 0 Å². The van der Waals surface area contributed by atoms with Crippen LogP contribution >= 0.6 is 11.3 Å². The summed E-state index contributed by atoms with van der Waals surface area (Å²) in [6.45, 7) is 4.80. The normalized spacial score (nSPS) is 13.1. The van der Waals surface area contributed by atoms with E-state index >= 15 is 0 Å². The van der Waals surface area contributed by atoms with Gasteiger partial charge in [-0.05, 0) is 150 Å². The Hall–Kier alpha value is -7.00. The minimum absolute atomic E-state index is 0.216. The molecule has 2 heteroatoms. The first-order valence-electron chi connectivity index (χ1n) is 20.5. The molecule has 0 aliphatic heterocycles. The first-order valence-corrected chi connectivity index (χ1v) is 21.3. The summed E-state index contributed by atoms with van der Waals surface area (Å²) in [7, 11) is 0. The van der Waals surface area contributed by atoms with Crippen LogP contribution in [0.15, 0.2) is 200 Å². The molecule has 10 aromatic carbocycles. The van der Waals surface area contributed by atoms with Crippen molar-refractivity contribution in [2.24, 2.45) is 0 Å². The van der Waals surface area contributed by atoms with Gasteiger partial charge in [-0.15, -0.1) is 11.3 Å². The molecule has 0 saturated heterocycles. The molecule has 0 amide bonds. The van der Waals surface area contributed by atoms with Crippen molar-refractivity contribution in [2.75, 3.05) is 4.90 Å².